The molecule has 0 aliphatic rings. The molecule has 0 N–H and O–H groups in total. The molecule has 30 heavy (non-hydrogen) atoms. The Kier molecular flexibility index (Phi) is 5.50. The van der Waals surface area contributed by atoms with E-state index >= 15 is 0 Å². The van der Waals surface area contributed by atoms with Crippen molar-refractivity contribution in [2.24, 2.45) is 7.05 Å². The summed E-state index contributed by atoms with van der Waals surface area (Å²) >= 11 is 6.21. The predicted molar refractivity (Wildman–Crippen MR) is 113 cm³/mol. The monoisotopic (exact) mass is 424 g/mol. The minimum atomic E-state index is -0.146. The van der Waals surface area contributed by atoms with Gasteiger partial charge in [-0.3, -0.25) is 9.48 Å². The molecular formula is C21H21ClN6O2. The van der Waals surface area contributed by atoms with Crippen LogP contribution in [-0.4, -0.2) is 42.3 Å². The van der Waals surface area contributed by atoms with Crippen LogP contribution in [0.2, 0.25) is 5.02 Å². The Balaban J connectivity index is 1.59. The van der Waals surface area contributed by atoms with E-state index in [9.17, 15) is 4.79 Å². The van der Waals surface area contributed by atoms with Gasteiger partial charge in [0.05, 0.1) is 28.4 Å². The fraction of sp³-hybridized carbons (Fsp3) is 0.286. The van der Waals surface area contributed by atoms with Crippen LogP contribution in [0.15, 0.2) is 40.9 Å². The Bertz CT molecular complexity index is 1220. The van der Waals surface area contributed by atoms with Crippen molar-refractivity contribution in [1.82, 2.24) is 29.9 Å². The zero-order chi connectivity index (χ0) is 21.3. The van der Waals surface area contributed by atoms with E-state index in [1.807, 2.05) is 45.2 Å². The van der Waals surface area contributed by atoms with Gasteiger partial charge < -0.3 is 9.32 Å². The third kappa shape index (κ3) is 3.78. The first-order chi connectivity index (χ1) is 14.5. The predicted octanol–water partition coefficient (Wildman–Crippen LogP) is 4.03. The van der Waals surface area contributed by atoms with Crippen LogP contribution in [0, 0.1) is 6.92 Å². The number of aryl methyl sites for hydroxylation is 2. The van der Waals surface area contributed by atoms with E-state index < -0.39 is 0 Å². The van der Waals surface area contributed by atoms with Crippen molar-refractivity contribution < 1.29 is 9.21 Å². The molecule has 9 heteroatoms. The summed E-state index contributed by atoms with van der Waals surface area (Å²) in [4.78, 5) is 19.3. The molecular weight excluding hydrogens is 404 g/mol. The first-order valence-electron chi connectivity index (χ1n) is 9.63. The Hall–Kier alpha value is -3.26. The number of nitrogens with zero attached hydrogens (tertiary/aromatic N) is 6. The van der Waals surface area contributed by atoms with E-state index in [1.165, 1.54) is 0 Å². The molecule has 0 aliphatic heterocycles. The highest BCUT2D eigenvalue weighted by atomic mass is 35.5. The van der Waals surface area contributed by atoms with Crippen molar-refractivity contribution in [1.29, 1.82) is 0 Å². The van der Waals surface area contributed by atoms with Crippen LogP contribution in [-0.2, 0) is 13.6 Å². The number of pyridine rings is 1. The largest absolute Gasteiger partial charge is 0.419 e. The lowest BCUT2D eigenvalue weighted by atomic mass is 10.2. The van der Waals surface area contributed by atoms with Crippen LogP contribution in [0.5, 0.6) is 0 Å². The Morgan fingerprint density at radius 2 is 2.07 bits per heavy atom. The topological polar surface area (TPSA) is 89.9 Å². The third-order valence-corrected chi connectivity index (χ3v) is 5.12. The first kappa shape index (κ1) is 20.0. The maximum Gasteiger partial charge on any atom is 0.255 e. The fourth-order valence-electron chi connectivity index (χ4n) is 3.35. The zero-order valence-corrected chi connectivity index (χ0v) is 17.7. The van der Waals surface area contributed by atoms with Gasteiger partial charge in [-0.2, -0.15) is 5.10 Å². The molecule has 0 radical (unpaired) electrons. The average molecular weight is 425 g/mol. The SMILES string of the molecule is CCCN(Cc1nnc(-c2ccccc2Cl)o1)C(=O)c1cnc2c(c1)c(C)nn2C. The van der Waals surface area contributed by atoms with E-state index in [1.54, 1.807) is 21.8 Å². The molecule has 8 nitrogen and oxygen atoms in total. The number of fused-ring (bicyclic) bond motifs is 1. The van der Waals surface area contributed by atoms with E-state index in [2.05, 4.69) is 20.3 Å². The molecule has 3 heterocycles. The number of rotatable bonds is 6. The van der Waals surface area contributed by atoms with Gasteiger partial charge >= 0.3 is 0 Å². The lowest BCUT2D eigenvalue weighted by Crippen LogP contribution is -2.31. The number of carbonyl (C=O) groups excluding carboxylic acids is 1. The highest BCUT2D eigenvalue weighted by Crippen LogP contribution is 2.26. The molecule has 1 amide bonds. The van der Waals surface area contributed by atoms with Crippen molar-refractivity contribution in [3.8, 4) is 11.5 Å². The number of hydrogen-bond donors (Lipinski definition) is 0. The van der Waals surface area contributed by atoms with Crippen LogP contribution in [0.4, 0.5) is 0 Å². The van der Waals surface area contributed by atoms with Gasteiger partial charge in [0.15, 0.2) is 5.65 Å². The van der Waals surface area contributed by atoms with Crippen LogP contribution in [0.3, 0.4) is 0 Å². The molecule has 4 aromatic rings. The molecule has 0 unspecified atom stereocenters. The second kappa shape index (κ2) is 8.23. The Morgan fingerprint density at radius 1 is 1.27 bits per heavy atom. The molecule has 0 saturated heterocycles. The average Bonchev–Trinajstić information content (AvgIpc) is 3.31. The van der Waals surface area contributed by atoms with Crippen LogP contribution in [0.25, 0.3) is 22.5 Å². The summed E-state index contributed by atoms with van der Waals surface area (Å²) in [6.45, 7) is 4.66. The van der Waals surface area contributed by atoms with Crippen molar-refractivity contribution >= 4 is 28.5 Å². The summed E-state index contributed by atoms with van der Waals surface area (Å²) < 4.78 is 7.48. The molecule has 0 aliphatic carbocycles. The molecule has 3 aromatic heterocycles. The smallest absolute Gasteiger partial charge is 0.255 e. The molecule has 0 saturated carbocycles. The van der Waals surface area contributed by atoms with Gasteiger partial charge in [0.2, 0.25) is 11.8 Å². The molecule has 154 valence electrons. The number of carbonyl (C=O) groups is 1. The summed E-state index contributed by atoms with van der Waals surface area (Å²) in [5, 5.41) is 13.9. The van der Waals surface area contributed by atoms with Crippen LogP contribution >= 0.6 is 11.6 Å². The molecule has 0 atom stereocenters. The maximum absolute atomic E-state index is 13.2. The van der Waals surface area contributed by atoms with E-state index in [4.69, 9.17) is 16.0 Å². The summed E-state index contributed by atoms with van der Waals surface area (Å²) in [6.07, 6.45) is 2.37. The summed E-state index contributed by atoms with van der Waals surface area (Å²) in [7, 11) is 1.83. The lowest BCUT2D eigenvalue weighted by Gasteiger charge is -2.20. The molecule has 0 bridgehead atoms. The Labute approximate surface area is 178 Å². The minimum absolute atomic E-state index is 0.146. The van der Waals surface area contributed by atoms with Crippen molar-refractivity contribution in [3.63, 3.8) is 0 Å². The van der Waals surface area contributed by atoms with Gasteiger partial charge in [-0.05, 0) is 31.5 Å². The van der Waals surface area contributed by atoms with Crippen LogP contribution in [0.1, 0.15) is 35.3 Å². The molecule has 4 rings (SSSR count). The van der Waals surface area contributed by atoms with Gasteiger partial charge in [-0.25, -0.2) is 4.98 Å². The summed E-state index contributed by atoms with van der Waals surface area (Å²) in [6, 6.07) is 9.09. The van der Waals surface area contributed by atoms with Gasteiger partial charge in [0.25, 0.3) is 5.91 Å². The molecule has 0 fully saturated rings. The van der Waals surface area contributed by atoms with Gasteiger partial charge in [-0.15, -0.1) is 10.2 Å². The van der Waals surface area contributed by atoms with E-state index in [0.717, 1.165) is 23.1 Å². The highest BCUT2D eigenvalue weighted by molar-refractivity contribution is 6.33. The third-order valence-electron chi connectivity index (χ3n) is 4.79. The number of amides is 1. The standard InChI is InChI=1S/C21H21ClN6O2/c1-4-9-28(12-18-24-25-20(30-18)15-7-5-6-8-17(15)22)21(29)14-10-16-13(2)26-27(3)19(16)23-11-14/h5-8,10-11H,4,9,12H2,1-3H3. The fourth-order valence-corrected chi connectivity index (χ4v) is 3.57. The quantitative estimate of drug-likeness (QED) is 0.464. The van der Waals surface area contributed by atoms with Gasteiger partial charge in [-0.1, -0.05) is 30.7 Å². The van der Waals surface area contributed by atoms with E-state index in [-0.39, 0.29) is 12.5 Å². The van der Waals surface area contributed by atoms with Crippen molar-refractivity contribution in [2.75, 3.05) is 6.54 Å². The molecule has 0 spiro atoms. The highest BCUT2D eigenvalue weighted by Gasteiger charge is 2.21. The van der Waals surface area contributed by atoms with Crippen LogP contribution < -0.4 is 0 Å². The number of hydrogen-bond acceptors (Lipinski definition) is 6. The molecule has 1 aromatic carbocycles. The summed E-state index contributed by atoms with van der Waals surface area (Å²) in [5.74, 6) is 0.527. The van der Waals surface area contributed by atoms with Crippen molar-refractivity contribution in [2.45, 2.75) is 26.8 Å². The summed E-state index contributed by atoms with van der Waals surface area (Å²) in [5.41, 5.74) is 2.73. The second-order valence-electron chi connectivity index (χ2n) is 7.01. The van der Waals surface area contributed by atoms with Crippen molar-refractivity contribution in [3.05, 3.63) is 58.7 Å². The number of halogens is 1. The van der Waals surface area contributed by atoms with E-state index in [0.29, 0.717) is 34.5 Å². The maximum atomic E-state index is 13.2. The second-order valence-corrected chi connectivity index (χ2v) is 7.42. The number of benzene rings is 1. The lowest BCUT2D eigenvalue weighted by molar-refractivity contribution is 0.0728. The number of aromatic nitrogens is 5. The van der Waals surface area contributed by atoms with Gasteiger partial charge in [0, 0.05) is 25.2 Å². The minimum Gasteiger partial charge on any atom is -0.419 e. The zero-order valence-electron chi connectivity index (χ0n) is 17.0. The first-order valence-corrected chi connectivity index (χ1v) is 10.0. The Morgan fingerprint density at radius 3 is 2.83 bits per heavy atom. The normalized spacial score (nSPS) is 11.2. The van der Waals surface area contributed by atoms with Gasteiger partial charge in [0.1, 0.15) is 0 Å².